The predicted octanol–water partition coefficient (Wildman–Crippen LogP) is 4.10. The number of aryl methyl sites for hydroxylation is 2. The van der Waals surface area contributed by atoms with Crippen LogP contribution in [0.5, 0.6) is 5.75 Å². The van der Waals surface area contributed by atoms with Crippen LogP contribution in [0.25, 0.3) is 0 Å². The number of ether oxygens (including phenoxy) is 1. The molecule has 2 unspecified atom stereocenters. The molecule has 0 amide bonds. The van der Waals surface area contributed by atoms with E-state index in [1.54, 1.807) is 7.11 Å². The lowest BCUT2D eigenvalue weighted by molar-refractivity contribution is 0.411. The summed E-state index contributed by atoms with van der Waals surface area (Å²) in [5.41, 5.74) is 3.89. The Morgan fingerprint density at radius 3 is 2.47 bits per heavy atom. The van der Waals surface area contributed by atoms with Crippen molar-refractivity contribution in [1.29, 1.82) is 0 Å². The van der Waals surface area contributed by atoms with Gasteiger partial charge in [-0.1, -0.05) is 19.9 Å². The summed E-state index contributed by atoms with van der Waals surface area (Å²) in [4.78, 5) is 0. The van der Waals surface area contributed by atoms with Gasteiger partial charge in [-0.3, -0.25) is 0 Å². The second-order valence-corrected chi connectivity index (χ2v) is 6.54. The normalized spacial score (nSPS) is 14.2. The van der Waals surface area contributed by atoms with Crippen molar-refractivity contribution in [3.63, 3.8) is 0 Å². The van der Waals surface area contributed by atoms with Crippen molar-refractivity contribution in [3.05, 3.63) is 28.8 Å². The minimum Gasteiger partial charge on any atom is -0.496 e. The van der Waals surface area contributed by atoms with Crippen LogP contribution in [-0.2, 0) is 0 Å². The van der Waals surface area contributed by atoms with E-state index in [1.807, 2.05) is 18.8 Å². The highest BCUT2D eigenvalue weighted by Gasteiger charge is 2.15. The molecule has 0 fully saturated rings. The van der Waals surface area contributed by atoms with Crippen LogP contribution in [-0.4, -0.2) is 25.2 Å². The van der Waals surface area contributed by atoms with Crippen LogP contribution in [0.4, 0.5) is 0 Å². The summed E-state index contributed by atoms with van der Waals surface area (Å²) >= 11 is 2.03. The molecule has 0 aliphatic heterocycles. The first-order valence-corrected chi connectivity index (χ1v) is 8.02. The van der Waals surface area contributed by atoms with E-state index in [2.05, 4.69) is 45.1 Å². The zero-order chi connectivity index (χ0) is 14.4. The second-order valence-electron chi connectivity index (χ2n) is 5.07. The summed E-state index contributed by atoms with van der Waals surface area (Å²) in [6.45, 7) is 8.81. The molecule has 3 heteroatoms. The highest BCUT2D eigenvalue weighted by Crippen LogP contribution is 2.29. The van der Waals surface area contributed by atoms with Crippen LogP contribution in [0, 0.1) is 13.8 Å². The highest BCUT2D eigenvalue weighted by molar-refractivity contribution is 7.99. The summed E-state index contributed by atoms with van der Waals surface area (Å²) in [5, 5.41) is 4.16. The Hall–Kier alpha value is -0.670. The zero-order valence-corrected chi connectivity index (χ0v) is 13.9. The number of benzene rings is 1. The van der Waals surface area contributed by atoms with Crippen molar-refractivity contribution in [3.8, 4) is 5.75 Å². The van der Waals surface area contributed by atoms with Gasteiger partial charge in [0.15, 0.2) is 0 Å². The third-order valence-corrected chi connectivity index (χ3v) is 5.06. The summed E-state index contributed by atoms with van der Waals surface area (Å²) in [7, 11) is 3.77. The molecular formula is C16H27NOS. The van der Waals surface area contributed by atoms with Gasteiger partial charge in [0.05, 0.1) is 7.11 Å². The first-order valence-electron chi connectivity index (χ1n) is 6.97. The molecule has 0 radical (unpaired) electrons. The Labute approximate surface area is 122 Å². The smallest absolute Gasteiger partial charge is 0.122 e. The van der Waals surface area contributed by atoms with Crippen LogP contribution >= 0.6 is 11.8 Å². The fraction of sp³-hybridized carbons (Fsp3) is 0.625. The van der Waals surface area contributed by atoms with E-state index in [1.165, 1.54) is 23.1 Å². The molecule has 19 heavy (non-hydrogen) atoms. The van der Waals surface area contributed by atoms with E-state index in [9.17, 15) is 0 Å². The van der Waals surface area contributed by atoms with Crippen molar-refractivity contribution in [2.75, 3.05) is 19.9 Å². The van der Waals surface area contributed by atoms with Gasteiger partial charge in [-0.05, 0) is 50.1 Å². The lowest BCUT2D eigenvalue weighted by Gasteiger charge is -2.21. The molecule has 0 heterocycles. The second kappa shape index (κ2) is 7.81. The topological polar surface area (TPSA) is 21.3 Å². The van der Waals surface area contributed by atoms with Gasteiger partial charge in [0.1, 0.15) is 5.75 Å². The van der Waals surface area contributed by atoms with Gasteiger partial charge in [-0.25, -0.2) is 0 Å². The standard InChI is InChI=1S/C16H27NOS/c1-7-13(4)19-10-15(17-5)14-8-12(3)16(18-6)9-11(14)2/h8-9,13,15,17H,7,10H2,1-6H3. The Bertz CT molecular complexity index is 406. The quantitative estimate of drug-likeness (QED) is 0.813. The number of hydrogen-bond acceptors (Lipinski definition) is 3. The molecule has 0 saturated heterocycles. The highest BCUT2D eigenvalue weighted by atomic mass is 32.2. The third kappa shape index (κ3) is 4.43. The van der Waals surface area contributed by atoms with Gasteiger partial charge in [0.2, 0.25) is 0 Å². The van der Waals surface area contributed by atoms with E-state index in [0.717, 1.165) is 16.8 Å². The van der Waals surface area contributed by atoms with Crippen molar-refractivity contribution in [1.82, 2.24) is 5.32 Å². The SMILES string of the molecule is CCC(C)SCC(NC)c1cc(C)c(OC)cc1C. The fourth-order valence-electron chi connectivity index (χ4n) is 2.11. The van der Waals surface area contributed by atoms with Gasteiger partial charge >= 0.3 is 0 Å². The lowest BCUT2D eigenvalue weighted by atomic mass is 9.99. The summed E-state index contributed by atoms with van der Waals surface area (Å²) in [6, 6.07) is 4.80. The molecule has 1 aromatic rings. The number of methoxy groups -OCH3 is 1. The van der Waals surface area contributed by atoms with E-state index < -0.39 is 0 Å². The third-order valence-electron chi connectivity index (χ3n) is 3.63. The molecule has 108 valence electrons. The van der Waals surface area contributed by atoms with Gasteiger partial charge in [0.25, 0.3) is 0 Å². The van der Waals surface area contributed by atoms with Crippen LogP contribution in [0.1, 0.15) is 43.0 Å². The van der Waals surface area contributed by atoms with E-state index >= 15 is 0 Å². The number of hydrogen-bond donors (Lipinski definition) is 1. The van der Waals surface area contributed by atoms with Gasteiger partial charge in [0, 0.05) is 17.0 Å². The summed E-state index contributed by atoms with van der Waals surface area (Å²) < 4.78 is 5.38. The average Bonchev–Trinajstić information content (AvgIpc) is 2.42. The van der Waals surface area contributed by atoms with Gasteiger partial charge in [-0.15, -0.1) is 0 Å². The first-order chi connectivity index (χ1) is 9.03. The minimum absolute atomic E-state index is 0.406. The average molecular weight is 281 g/mol. The Kier molecular flexibility index (Phi) is 6.73. The molecule has 0 aliphatic carbocycles. The van der Waals surface area contributed by atoms with E-state index in [-0.39, 0.29) is 0 Å². The van der Waals surface area contributed by atoms with Crippen molar-refractivity contribution in [2.24, 2.45) is 0 Å². The molecule has 2 atom stereocenters. The summed E-state index contributed by atoms with van der Waals surface area (Å²) in [6.07, 6.45) is 1.22. The Morgan fingerprint density at radius 2 is 1.95 bits per heavy atom. The summed E-state index contributed by atoms with van der Waals surface area (Å²) in [5.74, 6) is 2.09. The Morgan fingerprint density at radius 1 is 1.26 bits per heavy atom. The largest absolute Gasteiger partial charge is 0.496 e. The van der Waals surface area contributed by atoms with Crippen LogP contribution in [0.3, 0.4) is 0 Å². The maximum absolute atomic E-state index is 5.38. The predicted molar refractivity (Wildman–Crippen MR) is 86.5 cm³/mol. The number of rotatable bonds is 7. The maximum Gasteiger partial charge on any atom is 0.122 e. The van der Waals surface area contributed by atoms with E-state index in [0.29, 0.717) is 6.04 Å². The molecule has 0 bridgehead atoms. The molecule has 1 rings (SSSR count). The molecule has 0 spiro atoms. The molecule has 1 N–H and O–H groups in total. The van der Waals surface area contributed by atoms with Gasteiger partial charge < -0.3 is 10.1 Å². The van der Waals surface area contributed by atoms with Crippen LogP contribution in [0.2, 0.25) is 0 Å². The van der Waals surface area contributed by atoms with Crippen molar-refractivity contribution >= 4 is 11.8 Å². The molecule has 1 aromatic carbocycles. The van der Waals surface area contributed by atoms with Gasteiger partial charge in [-0.2, -0.15) is 11.8 Å². The van der Waals surface area contributed by atoms with Crippen LogP contribution < -0.4 is 10.1 Å². The maximum atomic E-state index is 5.38. The molecule has 0 saturated carbocycles. The number of nitrogens with one attached hydrogen (secondary N) is 1. The zero-order valence-electron chi connectivity index (χ0n) is 13.0. The van der Waals surface area contributed by atoms with Crippen molar-refractivity contribution < 1.29 is 4.74 Å². The van der Waals surface area contributed by atoms with E-state index in [4.69, 9.17) is 4.74 Å². The minimum atomic E-state index is 0.406. The number of thioether (sulfide) groups is 1. The Balaban J connectivity index is 2.89. The molecule has 2 nitrogen and oxygen atoms in total. The fourth-order valence-corrected chi connectivity index (χ4v) is 3.22. The first kappa shape index (κ1) is 16.4. The monoisotopic (exact) mass is 281 g/mol. The van der Waals surface area contributed by atoms with Crippen molar-refractivity contribution in [2.45, 2.75) is 45.4 Å². The molecule has 0 aromatic heterocycles. The molecule has 0 aliphatic rings. The lowest BCUT2D eigenvalue weighted by Crippen LogP contribution is -2.21. The van der Waals surface area contributed by atoms with Crippen LogP contribution in [0.15, 0.2) is 12.1 Å². The molecular weight excluding hydrogens is 254 g/mol.